The summed E-state index contributed by atoms with van der Waals surface area (Å²) >= 11 is 0. The lowest BCUT2D eigenvalue weighted by Crippen LogP contribution is -2.57. The molecule has 3 unspecified atom stereocenters. The van der Waals surface area contributed by atoms with E-state index in [1.165, 1.54) is 0 Å². The van der Waals surface area contributed by atoms with E-state index in [9.17, 15) is 45.0 Å². The predicted molar refractivity (Wildman–Crippen MR) is 126 cm³/mol. The Morgan fingerprint density at radius 3 is 1.49 bits per heavy atom. The first-order valence-electron chi connectivity index (χ1n) is 11.8. The molecule has 1 aliphatic rings. The fourth-order valence-electron chi connectivity index (χ4n) is 4.49. The molecule has 35 heavy (non-hydrogen) atoms. The van der Waals surface area contributed by atoms with Crippen LogP contribution in [0.3, 0.4) is 0 Å². The molecule has 0 spiro atoms. The van der Waals surface area contributed by atoms with Crippen molar-refractivity contribution >= 4 is 17.9 Å². The molecule has 13 heteroatoms. The van der Waals surface area contributed by atoms with Crippen LogP contribution in [0.25, 0.3) is 0 Å². The lowest BCUT2D eigenvalue weighted by atomic mass is 9.85. The third-order valence-corrected chi connectivity index (χ3v) is 6.24. The zero-order valence-corrected chi connectivity index (χ0v) is 20.9. The maximum Gasteiger partial charge on any atom is 0.321 e. The van der Waals surface area contributed by atoms with Gasteiger partial charge in [0.2, 0.25) is 0 Å². The Labute approximate surface area is 206 Å². The van der Waals surface area contributed by atoms with Gasteiger partial charge in [-0.25, -0.2) is 0 Å². The summed E-state index contributed by atoms with van der Waals surface area (Å²) in [6.07, 6.45) is -1.24. The van der Waals surface area contributed by atoms with Gasteiger partial charge in [0.25, 0.3) is 0 Å². The first kappa shape index (κ1) is 31.2. The monoisotopic (exact) mass is 506 g/mol. The Bertz CT molecular complexity index is 688. The number of aliphatic hydroxyl groups is 3. The van der Waals surface area contributed by atoms with E-state index >= 15 is 0 Å². The Balaban J connectivity index is 3.31. The average Bonchev–Trinajstić information content (AvgIpc) is 2.73. The van der Waals surface area contributed by atoms with Gasteiger partial charge in [0.15, 0.2) is 0 Å². The van der Waals surface area contributed by atoms with Crippen molar-refractivity contribution in [2.45, 2.75) is 39.0 Å². The quantitative estimate of drug-likeness (QED) is 0.184. The summed E-state index contributed by atoms with van der Waals surface area (Å²) in [6, 6.07) is -1.70. The van der Waals surface area contributed by atoms with Gasteiger partial charge in [-0.15, -0.1) is 0 Å². The Morgan fingerprint density at radius 1 is 0.714 bits per heavy atom. The third-order valence-electron chi connectivity index (χ3n) is 6.24. The van der Waals surface area contributed by atoms with E-state index in [1.807, 2.05) is 20.8 Å². The van der Waals surface area contributed by atoms with E-state index in [-0.39, 0.29) is 65.4 Å². The minimum atomic E-state index is -1.24. The van der Waals surface area contributed by atoms with Crippen molar-refractivity contribution in [3.05, 3.63) is 0 Å². The molecular weight excluding hydrogens is 464 g/mol. The van der Waals surface area contributed by atoms with Crippen molar-refractivity contribution in [2.75, 3.05) is 78.7 Å². The first-order valence-corrected chi connectivity index (χ1v) is 11.8. The highest BCUT2D eigenvalue weighted by molar-refractivity contribution is 5.74. The molecule has 0 aliphatic carbocycles. The van der Waals surface area contributed by atoms with E-state index in [2.05, 4.69) is 0 Å². The number of carboxylic acids is 3. The van der Waals surface area contributed by atoms with Gasteiger partial charge in [-0.05, 0) is 5.41 Å². The molecule has 1 fully saturated rings. The van der Waals surface area contributed by atoms with Crippen LogP contribution >= 0.6 is 0 Å². The van der Waals surface area contributed by atoms with Crippen LogP contribution in [0.5, 0.6) is 0 Å². The molecule has 1 aliphatic heterocycles. The summed E-state index contributed by atoms with van der Waals surface area (Å²) in [7, 11) is 0. The van der Waals surface area contributed by atoms with Gasteiger partial charge in [0.1, 0.15) is 6.04 Å². The first-order chi connectivity index (χ1) is 16.3. The van der Waals surface area contributed by atoms with E-state index in [0.29, 0.717) is 0 Å². The van der Waals surface area contributed by atoms with Gasteiger partial charge < -0.3 is 30.6 Å². The molecule has 6 N–H and O–H groups in total. The number of rotatable bonds is 10. The molecule has 13 nitrogen and oxygen atoms in total. The van der Waals surface area contributed by atoms with Crippen molar-refractivity contribution < 1.29 is 45.0 Å². The zero-order valence-electron chi connectivity index (χ0n) is 20.9. The highest BCUT2D eigenvalue weighted by atomic mass is 16.4. The standard InChI is InChI=1S/C22H42N4O9/c1-22(2,3)20(21(34)35)26-9-7-24(13-19(32)33)5-4-23(12-18(30)31)6-8-25(10-11-26)16(14-27)17(29)15-28/h16-17,20,27-29H,4-15H2,1-3H3,(H,30,31)(H,32,33)(H,34,35). The largest absolute Gasteiger partial charge is 0.480 e. The van der Waals surface area contributed by atoms with Gasteiger partial charge in [0, 0.05) is 52.4 Å². The van der Waals surface area contributed by atoms with Gasteiger partial charge in [-0.3, -0.25) is 34.0 Å². The van der Waals surface area contributed by atoms with Gasteiger partial charge in [0.05, 0.1) is 38.4 Å². The highest BCUT2D eigenvalue weighted by Crippen LogP contribution is 2.25. The maximum atomic E-state index is 12.2. The number of hydrogen-bond acceptors (Lipinski definition) is 10. The normalized spacial score (nSPS) is 21.4. The van der Waals surface area contributed by atoms with Crippen molar-refractivity contribution in [3.8, 4) is 0 Å². The van der Waals surface area contributed by atoms with Crippen LogP contribution in [0.15, 0.2) is 0 Å². The highest BCUT2D eigenvalue weighted by Gasteiger charge is 2.37. The van der Waals surface area contributed by atoms with E-state index in [0.717, 1.165) is 0 Å². The molecule has 1 rings (SSSR count). The molecule has 0 aromatic heterocycles. The number of aliphatic hydroxyl groups excluding tert-OH is 3. The second kappa shape index (κ2) is 14.6. The number of hydrogen-bond donors (Lipinski definition) is 6. The molecule has 0 amide bonds. The van der Waals surface area contributed by atoms with Crippen molar-refractivity contribution in [2.24, 2.45) is 5.41 Å². The van der Waals surface area contributed by atoms with Crippen molar-refractivity contribution in [1.82, 2.24) is 19.6 Å². The summed E-state index contributed by atoms with van der Waals surface area (Å²) < 4.78 is 0. The zero-order chi connectivity index (χ0) is 26.8. The molecule has 204 valence electrons. The average molecular weight is 507 g/mol. The molecule has 0 aromatic carbocycles. The Kier molecular flexibility index (Phi) is 13.0. The van der Waals surface area contributed by atoms with E-state index in [4.69, 9.17) is 0 Å². The lowest BCUT2D eigenvalue weighted by Gasteiger charge is -2.41. The topological polar surface area (TPSA) is 186 Å². The number of carboxylic acid groups (broad SMARTS) is 3. The maximum absolute atomic E-state index is 12.2. The summed E-state index contributed by atoms with van der Waals surface area (Å²) in [5.41, 5.74) is -0.634. The number of nitrogens with zero attached hydrogens (tertiary/aromatic N) is 4. The van der Waals surface area contributed by atoms with Crippen LogP contribution in [0, 0.1) is 5.41 Å². The van der Waals surface area contributed by atoms with Gasteiger partial charge in [-0.2, -0.15) is 0 Å². The third kappa shape index (κ3) is 10.7. The van der Waals surface area contributed by atoms with Crippen LogP contribution in [0.2, 0.25) is 0 Å². The second-order valence-corrected chi connectivity index (χ2v) is 10.0. The molecular formula is C22H42N4O9. The summed E-state index contributed by atoms with van der Waals surface area (Å²) in [5, 5.41) is 58.2. The van der Waals surface area contributed by atoms with Crippen LogP contribution in [0.4, 0.5) is 0 Å². The van der Waals surface area contributed by atoms with Crippen LogP contribution in [-0.4, -0.2) is 165 Å². The summed E-state index contributed by atoms with van der Waals surface area (Å²) in [4.78, 5) is 41.8. The van der Waals surface area contributed by atoms with Crippen molar-refractivity contribution in [3.63, 3.8) is 0 Å². The van der Waals surface area contributed by atoms with E-state index in [1.54, 1.807) is 19.6 Å². The van der Waals surface area contributed by atoms with Crippen LogP contribution in [-0.2, 0) is 14.4 Å². The molecule has 0 radical (unpaired) electrons. The molecule has 3 atom stereocenters. The lowest BCUT2D eigenvalue weighted by molar-refractivity contribution is -0.148. The fourth-order valence-corrected chi connectivity index (χ4v) is 4.49. The van der Waals surface area contributed by atoms with Gasteiger partial charge in [-0.1, -0.05) is 20.8 Å². The SMILES string of the molecule is CC(C)(C)C(C(=O)O)N1CCN(CC(=O)O)CCN(CC(=O)O)CCN(C(CO)C(O)CO)CC1. The predicted octanol–water partition coefficient (Wildman–Crippen LogP) is -2.41. The van der Waals surface area contributed by atoms with E-state index < -0.39 is 54.7 Å². The number of aliphatic carboxylic acids is 3. The fraction of sp³-hybridized carbons (Fsp3) is 0.864. The smallest absolute Gasteiger partial charge is 0.321 e. The second-order valence-electron chi connectivity index (χ2n) is 10.0. The Hall–Kier alpha value is -1.87. The minimum absolute atomic E-state index is 0.238. The molecule has 1 heterocycles. The van der Waals surface area contributed by atoms with Gasteiger partial charge >= 0.3 is 17.9 Å². The van der Waals surface area contributed by atoms with Crippen molar-refractivity contribution in [1.29, 1.82) is 0 Å². The molecule has 0 bridgehead atoms. The van der Waals surface area contributed by atoms with Crippen LogP contribution < -0.4 is 0 Å². The Morgan fingerprint density at radius 2 is 1.11 bits per heavy atom. The number of carbonyl (C=O) groups is 3. The van der Waals surface area contributed by atoms with Crippen LogP contribution in [0.1, 0.15) is 20.8 Å². The minimum Gasteiger partial charge on any atom is -0.480 e. The molecule has 0 aromatic rings. The molecule has 0 saturated carbocycles. The summed E-state index contributed by atoms with van der Waals surface area (Å²) in [6.45, 7) is 5.90. The molecule has 1 saturated heterocycles. The summed E-state index contributed by atoms with van der Waals surface area (Å²) in [5.74, 6) is -3.08.